The summed E-state index contributed by atoms with van der Waals surface area (Å²) >= 11 is 8.82. The molecule has 1 amide bonds. The number of carbonyl (C=O) groups excluding carboxylic acids is 1. The molecule has 8 nitrogen and oxygen atoms in total. The van der Waals surface area contributed by atoms with Gasteiger partial charge in [-0.15, -0.1) is 10.2 Å². The van der Waals surface area contributed by atoms with E-state index in [9.17, 15) is 14.9 Å². The number of halogens is 1. The van der Waals surface area contributed by atoms with Gasteiger partial charge in [0.15, 0.2) is 5.16 Å². The number of carbonyl (C=O) groups is 1. The zero-order valence-electron chi connectivity index (χ0n) is 14.3. The fourth-order valence-electron chi connectivity index (χ4n) is 2.60. The number of nitrogens with one attached hydrogen (secondary N) is 1. The number of nitro groups is 1. The summed E-state index contributed by atoms with van der Waals surface area (Å²) in [5.74, 6) is -0.344. The van der Waals surface area contributed by atoms with Gasteiger partial charge in [-0.3, -0.25) is 19.3 Å². The van der Waals surface area contributed by atoms with Gasteiger partial charge in [0.2, 0.25) is 10.9 Å². The standard InChI is InChI=1S/C17H12ClN5O3S2/c1-9(15(24)19-12-8-10(23(25)26)6-7-11(12)18)27-16-20-21-17-22(16)13-4-2-3-5-14(13)28-17/h2-9H,1H3,(H,19,24). The summed E-state index contributed by atoms with van der Waals surface area (Å²) in [4.78, 5) is 23.7. The third kappa shape index (κ3) is 3.41. The molecular formula is C17H12ClN5O3S2. The molecule has 0 saturated carbocycles. The van der Waals surface area contributed by atoms with Gasteiger partial charge in [0.1, 0.15) is 0 Å². The van der Waals surface area contributed by atoms with Gasteiger partial charge in [0, 0.05) is 12.1 Å². The number of thioether (sulfide) groups is 1. The number of non-ortho nitro benzene ring substituents is 1. The first-order chi connectivity index (χ1) is 13.4. The molecule has 0 fully saturated rings. The first kappa shape index (κ1) is 18.7. The largest absolute Gasteiger partial charge is 0.324 e. The van der Waals surface area contributed by atoms with Crippen LogP contribution in [0.3, 0.4) is 0 Å². The van der Waals surface area contributed by atoms with E-state index in [-0.39, 0.29) is 22.3 Å². The second-order valence-corrected chi connectivity index (χ2v) is 8.57. The van der Waals surface area contributed by atoms with Gasteiger partial charge in [-0.2, -0.15) is 0 Å². The van der Waals surface area contributed by atoms with E-state index < -0.39 is 10.2 Å². The molecule has 4 rings (SSSR count). The van der Waals surface area contributed by atoms with Gasteiger partial charge in [0.25, 0.3) is 5.69 Å². The Labute approximate surface area is 171 Å². The maximum Gasteiger partial charge on any atom is 0.271 e. The molecule has 142 valence electrons. The minimum Gasteiger partial charge on any atom is -0.324 e. The predicted octanol–water partition coefficient (Wildman–Crippen LogP) is 4.62. The summed E-state index contributed by atoms with van der Waals surface area (Å²) in [7, 11) is 0. The number of nitrogens with zero attached hydrogens (tertiary/aromatic N) is 4. The van der Waals surface area contributed by atoms with Gasteiger partial charge in [-0.25, -0.2) is 0 Å². The number of aromatic nitrogens is 3. The van der Waals surface area contributed by atoms with Crippen LogP contribution in [0.5, 0.6) is 0 Å². The van der Waals surface area contributed by atoms with Gasteiger partial charge in [-0.05, 0) is 25.1 Å². The van der Waals surface area contributed by atoms with Crippen LogP contribution in [0.4, 0.5) is 11.4 Å². The SMILES string of the molecule is CC(Sc1nnc2sc3ccccc3n12)C(=O)Nc1cc([N+](=O)[O-])ccc1Cl. The Bertz CT molecular complexity index is 1220. The summed E-state index contributed by atoms with van der Waals surface area (Å²) in [6, 6.07) is 11.8. The van der Waals surface area contributed by atoms with Crippen molar-refractivity contribution in [2.24, 2.45) is 0 Å². The molecule has 1 atom stereocenters. The molecule has 0 spiro atoms. The Morgan fingerprint density at radius 1 is 1.32 bits per heavy atom. The number of thiazole rings is 1. The zero-order valence-corrected chi connectivity index (χ0v) is 16.7. The van der Waals surface area contributed by atoms with Crippen LogP contribution in [0, 0.1) is 10.1 Å². The minimum absolute atomic E-state index is 0.149. The van der Waals surface area contributed by atoms with Crippen LogP contribution in [-0.4, -0.2) is 30.7 Å². The highest BCUT2D eigenvalue weighted by atomic mass is 35.5. The molecule has 1 N–H and O–H groups in total. The second-order valence-electron chi connectivity index (χ2n) is 5.84. The molecule has 0 aliphatic heterocycles. The van der Waals surface area contributed by atoms with Gasteiger partial charge in [0.05, 0.1) is 31.1 Å². The average Bonchev–Trinajstić information content (AvgIpc) is 3.23. The molecule has 0 aliphatic rings. The highest BCUT2D eigenvalue weighted by molar-refractivity contribution is 8.00. The monoisotopic (exact) mass is 433 g/mol. The number of amides is 1. The van der Waals surface area contributed by atoms with E-state index in [1.165, 1.54) is 41.3 Å². The summed E-state index contributed by atoms with van der Waals surface area (Å²) < 4.78 is 2.99. The van der Waals surface area contributed by atoms with Crippen molar-refractivity contribution >= 4 is 67.2 Å². The molecule has 28 heavy (non-hydrogen) atoms. The number of para-hydroxylation sites is 1. The Balaban J connectivity index is 1.56. The fourth-order valence-corrected chi connectivity index (χ4v) is 4.65. The van der Waals surface area contributed by atoms with Crippen LogP contribution in [0.25, 0.3) is 15.2 Å². The number of hydrogen-bond donors (Lipinski definition) is 1. The van der Waals surface area contributed by atoms with Crippen LogP contribution >= 0.6 is 34.7 Å². The topological polar surface area (TPSA) is 102 Å². The molecule has 11 heteroatoms. The number of fused-ring (bicyclic) bond motifs is 3. The lowest BCUT2D eigenvalue weighted by molar-refractivity contribution is -0.384. The molecular weight excluding hydrogens is 422 g/mol. The fraction of sp³-hybridized carbons (Fsp3) is 0.118. The number of hydrogen-bond acceptors (Lipinski definition) is 7. The van der Waals surface area contributed by atoms with E-state index in [1.54, 1.807) is 6.92 Å². The van der Waals surface area contributed by atoms with Gasteiger partial charge >= 0.3 is 0 Å². The Morgan fingerprint density at radius 2 is 2.11 bits per heavy atom. The summed E-state index contributed by atoms with van der Waals surface area (Å²) in [6.45, 7) is 1.72. The normalized spacial score (nSPS) is 12.4. The molecule has 1 unspecified atom stereocenters. The number of anilines is 1. The van der Waals surface area contributed by atoms with Crippen molar-refractivity contribution in [3.63, 3.8) is 0 Å². The number of benzene rings is 2. The van der Waals surface area contributed by atoms with E-state index in [4.69, 9.17) is 11.6 Å². The van der Waals surface area contributed by atoms with Crippen molar-refractivity contribution in [3.8, 4) is 0 Å². The van der Waals surface area contributed by atoms with Gasteiger partial charge in [-0.1, -0.05) is 46.8 Å². The Kier molecular flexibility index (Phi) is 4.92. The van der Waals surface area contributed by atoms with Crippen molar-refractivity contribution < 1.29 is 9.72 Å². The molecule has 4 aromatic rings. The number of nitro benzene ring substituents is 1. The molecule has 2 aromatic carbocycles. The first-order valence-corrected chi connectivity index (χ1v) is 10.2. The van der Waals surface area contributed by atoms with Crippen molar-refractivity contribution in [2.45, 2.75) is 17.3 Å². The maximum atomic E-state index is 12.6. The lowest BCUT2D eigenvalue weighted by atomic mass is 10.2. The quantitative estimate of drug-likeness (QED) is 0.280. The first-order valence-electron chi connectivity index (χ1n) is 8.08. The Morgan fingerprint density at radius 3 is 2.89 bits per heavy atom. The molecule has 2 aromatic heterocycles. The van der Waals surface area contributed by atoms with Crippen molar-refractivity contribution in [1.82, 2.24) is 14.6 Å². The van der Waals surface area contributed by atoms with E-state index in [1.807, 2.05) is 28.7 Å². The van der Waals surface area contributed by atoms with Crippen LogP contribution in [0.1, 0.15) is 6.92 Å². The molecule has 0 saturated heterocycles. The molecule has 2 heterocycles. The van der Waals surface area contributed by atoms with Crippen LogP contribution in [0.2, 0.25) is 5.02 Å². The molecule has 0 bridgehead atoms. The summed E-state index contributed by atoms with van der Waals surface area (Å²) in [5, 5.41) is 22.2. The highest BCUT2D eigenvalue weighted by Crippen LogP contribution is 2.32. The van der Waals surface area contributed by atoms with E-state index in [2.05, 4.69) is 15.5 Å². The van der Waals surface area contributed by atoms with Crippen molar-refractivity contribution in [3.05, 3.63) is 57.6 Å². The Hall–Kier alpha value is -2.69. The van der Waals surface area contributed by atoms with Crippen molar-refractivity contribution in [1.29, 1.82) is 0 Å². The minimum atomic E-state index is -0.543. The van der Waals surface area contributed by atoms with Crippen LogP contribution in [-0.2, 0) is 4.79 Å². The highest BCUT2D eigenvalue weighted by Gasteiger charge is 2.21. The van der Waals surface area contributed by atoms with E-state index in [0.717, 1.165) is 15.2 Å². The number of rotatable bonds is 5. The summed E-state index contributed by atoms with van der Waals surface area (Å²) in [5.41, 5.74) is 1.02. The van der Waals surface area contributed by atoms with E-state index >= 15 is 0 Å². The molecule has 0 radical (unpaired) electrons. The third-order valence-corrected chi connectivity index (χ3v) is 6.37. The van der Waals surface area contributed by atoms with Crippen molar-refractivity contribution in [2.75, 3.05) is 5.32 Å². The lowest BCUT2D eigenvalue weighted by Gasteiger charge is -2.12. The third-order valence-electron chi connectivity index (χ3n) is 3.98. The van der Waals surface area contributed by atoms with E-state index in [0.29, 0.717) is 5.16 Å². The van der Waals surface area contributed by atoms with Crippen LogP contribution < -0.4 is 5.32 Å². The summed E-state index contributed by atoms with van der Waals surface area (Å²) in [6.07, 6.45) is 0. The predicted molar refractivity (Wildman–Crippen MR) is 110 cm³/mol. The average molecular weight is 434 g/mol. The lowest BCUT2D eigenvalue weighted by Crippen LogP contribution is -2.23. The zero-order chi connectivity index (χ0) is 19.8. The maximum absolute atomic E-state index is 12.6. The molecule has 0 aliphatic carbocycles. The van der Waals surface area contributed by atoms with Crippen LogP contribution in [0.15, 0.2) is 47.6 Å². The second kappa shape index (κ2) is 7.38. The smallest absolute Gasteiger partial charge is 0.271 e. The van der Waals surface area contributed by atoms with Gasteiger partial charge < -0.3 is 5.32 Å².